The van der Waals surface area contributed by atoms with Gasteiger partial charge in [-0.15, -0.1) is 0 Å². The number of carbonyl (C=O) groups excluding carboxylic acids is 2. The third-order valence-electron chi connectivity index (χ3n) is 3.69. The number of rotatable bonds is 5. The molecule has 2 saturated heterocycles. The summed E-state index contributed by atoms with van der Waals surface area (Å²) in [5.41, 5.74) is 0. The second-order valence-electron chi connectivity index (χ2n) is 5.03. The molecule has 0 aromatic heterocycles. The Labute approximate surface area is 108 Å². The van der Waals surface area contributed by atoms with Gasteiger partial charge in [-0.05, 0) is 25.7 Å². The highest BCUT2D eigenvalue weighted by molar-refractivity contribution is 5.94. The van der Waals surface area contributed by atoms with Gasteiger partial charge in [-0.2, -0.15) is 0 Å². The van der Waals surface area contributed by atoms with Crippen molar-refractivity contribution in [3.8, 4) is 0 Å². The third-order valence-corrected chi connectivity index (χ3v) is 3.69. The van der Waals surface area contributed by atoms with E-state index in [1.165, 1.54) is 0 Å². The van der Waals surface area contributed by atoms with Crippen LogP contribution >= 0.6 is 0 Å². The average molecular weight is 254 g/mol. The van der Waals surface area contributed by atoms with E-state index >= 15 is 0 Å². The normalized spacial score (nSPS) is 28.6. The second kappa shape index (κ2) is 6.18. The zero-order valence-electron chi connectivity index (χ0n) is 11.0. The minimum Gasteiger partial charge on any atom is -0.378 e. The Morgan fingerprint density at radius 2 is 2.22 bits per heavy atom. The molecule has 0 saturated carbocycles. The molecule has 0 aliphatic carbocycles. The Kier molecular flexibility index (Phi) is 4.58. The zero-order chi connectivity index (χ0) is 13.0. The summed E-state index contributed by atoms with van der Waals surface area (Å²) in [7, 11) is 0. The summed E-state index contributed by atoms with van der Waals surface area (Å²) in [6.07, 6.45) is 4.94. The molecule has 5 nitrogen and oxygen atoms in total. The molecule has 0 bridgehead atoms. The van der Waals surface area contributed by atoms with Crippen molar-refractivity contribution in [3.63, 3.8) is 0 Å². The van der Waals surface area contributed by atoms with Crippen LogP contribution < -0.4 is 5.32 Å². The molecule has 18 heavy (non-hydrogen) atoms. The van der Waals surface area contributed by atoms with Crippen molar-refractivity contribution >= 4 is 11.8 Å². The van der Waals surface area contributed by atoms with Crippen LogP contribution in [-0.4, -0.2) is 48.6 Å². The van der Waals surface area contributed by atoms with Crippen LogP contribution in [0, 0.1) is 0 Å². The van der Waals surface area contributed by atoms with Crippen LogP contribution in [0.3, 0.4) is 0 Å². The van der Waals surface area contributed by atoms with Crippen LogP contribution in [0.15, 0.2) is 0 Å². The first kappa shape index (κ1) is 13.3. The fourth-order valence-corrected chi connectivity index (χ4v) is 2.69. The molecule has 1 N–H and O–H groups in total. The van der Waals surface area contributed by atoms with Crippen molar-refractivity contribution in [2.24, 2.45) is 0 Å². The lowest BCUT2D eigenvalue weighted by Gasteiger charge is -2.35. The average Bonchev–Trinajstić information content (AvgIpc) is 2.86. The molecule has 0 aromatic carbocycles. The van der Waals surface area contributed by atoms with Crippen molar-refractivity contribution < 1.29 is 14.3 Å². The summed E-state index contributed by atoms with van der Waals surface area (Å²) >= 11 is 0. The highest BCUT2D eigenvalue weighted by Gasteiger charge is 2.33. The Balaban J connectivity index is 1.91. The minimum absolute atomic E-state index is 0.0104. The summed E-state index contributed by atoms with van der Waals surface area (Å²) in [6, 6.07) is -0.280. The highest BCUT2D eigenvalue weighted by atomic mass is 16.5. The predicted molar refractivity (Wildman–Crippen MR) is 67.0 cm³/mol. The Morgan fingerprint density at radius 1 is 1.39 bits per heavy atom. The SMILES string of the molecule is CCCC1C(=O)NCC(=O)N1CCC1CCCO1. The molecule has 0 aromatic rings. The second-order valence-corrected chi connectivity index (χ2v) is 5.03. The molecule has 0 radical (unpaired) electrons. The van der Waals surface area contributed by atoms with E-state index in [-0.39, 0.29) is 30.5 Å². The van der Waals surface area contributed by atoms with Crippen molar-refractivity contribution in [2.45, 2.75) is 51.2 Å². The standard InChI is InChI=1S/C13H22N2O3/c1-2-4-11-13(17)14-9-12(16)15(11)7-6-10-5-3-8-18-10/h10-11H,2-9H2,1H3,(H,14,17). The molecule has 2 atom stereocenters. The Hall–Kier alpha value is -1.10. The van der Waals surface area contributed by atoms with Crippen molar-refractivity contribution in [1.29, 1.82) is 0 Å². The van der Waals surface area contributed by atoms with E-state index in [9.17, 15) is 9.59 Å². The van der Waals surface area contributed by atoms with Crippen LogP contribution in [0.1, 0.15) is 39.0 Å². The topological polar surface area (TPSA) is 58.6 Å². The molecule has 0 spiro atoms. The Bertz CT molecular complexity index is 313. The molecule has 2 heterocycles. The molecule has 2 aliphatic heterocycles. The molecule has 2 rings (SSSR count). The van der Waals surface area contributed by atoms with Gasteiger partial charge in [0.05, 0.1) is 12.6 Å². The number of amides is 2. The number of nitrogens with zero attached hydrogens (tertiary/aromatic N) is 1. The first-order chi connectivity index (χ1) is 8.72. The lowest BCUT2D eigenvalue weighted by molar-refractivity contribution is -0.146. The van der Waals surface area contributed by atoms with Crippen LogP contribution in [0.5, 0.6) is 0 Å². The quantitative estimate of drug-likeness (QED) is 0.785. The molecule has 102 valence electrons. The van der Waals surface area contributed by atoms with E-state index < -0.39 is 0 Å². The van der Waals surface area contributed by atoms with Crippen LogP contribution in [-0.2, 0) is 14.3 Å². The van der Waals surface area contributed by atoms with Gasteiger partial charge in [0.1, 0.15) is 6.04 Å². The van der Waals surface area contributed by atoms with Crippen molar-refractivity contribution in [2.75, 3.05) is 19.7 Å². The fraction of sp³-hybridized carbons (Fsp3) is 0.846. The molecular weight excluding hydrogens is 232 g/mol. The van der Waals surface area contributed by atoms with Gasteiger partial charge in [0.2, 0.25) is 11.8 Å². The maximum Gasteiger partial charge on any atom is 0.243 e. The fourth-order valence-electron chi connectivity index (χ4n) is 2.69. The maximum atomic E-state index is 11.9. The van der Waals surface area contributed by atoms with Crippen molar-refractivity contribution in [3.05, 3.63) is 0 Å². The van der Waals surface area contributed by atoms with E-state index in [0.29, 0.717) is 6.54 Å². The first-order valence-corrected chi connectivity index (χ1v) is 6.91. The molecule has 5 heteroatoms. The van der Waals surface area contributed by atoms with Crippen LogP contribution in [0.25, 0.3) is 0 Å². The smallest absolute Gasteiger partial charge is 0.243 e. The number of carbonyl (C=O) groups is 2. The lowest BCUT2D eigenvalue weighted by atomic mass is 10.1. The van der Waals surface area contributed by atoms with Gasteiger partial charge in [-0.25, -0.2) is 0 Å². The summed E-state index contributed by atoms with van der Waals surface area (Å²) in [4.78, 5) is 25.4. The lowest BCUT2D eigenvalue weighted by Crippen LogP contribution is -2.58. The van der Waals surface area contributed by atoms with Gasteiger partial charge in [0.15, 0.2) is 0 Å². The van der Waals surface area contributed by atoms with Gasteiger partial charge < -0.3 is 15.0 Å². The molecular formula is C13H22N2O3. The molecule has 2 aliphatic rings. The summed E-state index contributed by atoms with van der Waals surface area (Å²) in [5.74, 6) is 0.0230. The molecule has 2 fully saturated rings. The van der Waals surface area contributed by atoms with E-state index in [1.54, 1.807) is 4.90 Å². The Morgan fingerprint density at radius 3 is 2.89 bits per heavy atom. The van der Waals surface area contributed by atoms with Gasteiger partial charge >= 0.3 is 0 Å². The van der Waals surface area contributed by atoms with Gasteiger partial charge in [-0.3, -0.25) is 9.59 Å². The van der Waals surface area contributed by atoms with Crippen LogP contribution in [0.2, 0.25) is 0 Å². The highest BCUT2D eigenvalue weighted by Crippen LogP contribution is 2.18. The monoisotopic (exact) mass is 254 g/mol. The minimum atomic E-state index is -0.280. The van der Waals surface area contributed by atoms with Gasteiger partial charge in [0.25, 0.3) is 0 Å². The zero-order valence-corrected chi connectivity index (χ0v) is 11.0. The third kappa shape index (κ3) is 3.02. The number of hydrogen-bond donors (Lipinski definition) is 1. The number of nitrogens with one attached hydrogen (secondary N) is 1. The predicted octanol–water partition coefficient (Wildman–Crippen LogP) is 0.683. The van der Waals surface area contributed by atoms with Gasteiger partial charge in [0, 0.05) is 13.2 Å². The summed E-state index contributed by atoms with van der Waals surface area (Å²) in [6.45, 7) is 3.65. The number of hydrogen-bond acceptors (Lipinski definition) is 3. The summed E-state index contributed by atoms with van der Waals surface area (Å²) in [5, 5.41) is 2.66. The van der Waals surface area contributed by atoms with E-state index in [1.807, 2.05) is 6.92 Å². The van der Waals surface area contributed by atoms with Crippen molar-refractivity contribution in [1.82, 2.24) is 10.2 Å². The summed E-state index contributed by atoms with van der Waals surface area (Å²) < 4.78 is 5.56. The maximum absolute atomic E-state index is 11.9. The molecule has 2 unspecified atom stereocenters. The van der Waals surface area contributed by atoms with Gasteiger partial charge in [-0.1, -0.05) is 13.3 Å². The largest absolute Gasteiger partial charge is 0.378 e. The number of piperazine rings is 1. The van der Waals surface area contributed by atoms with E-state index in [4.69, 9.17) is 4.74 Å². The molecule has 2 amide bonds. The number of ether oxygens (including phenoxy) is 1. The van der Waals surface area contributed by atoms with Crippen LogP contribution in [0.4, 0.5) is 0 Å². The first-order valence-electron chi connectivity index (χ1n) is 6.91. The van der Waals surface area contributed by atoms with E-state index in [0.717, 1.165) is 38.7 Å². The van der Waals surface area contributed by atoms with E-state index in [2.05, 4.69) is 5.32 Å².